The van der Waals surface area contributed by atoms with E-state index in [1.54, 1.807) is 19.1 Å². The molecule has 0 fully saturated rings. The molecule has 2 heterocycles. The van der Waals surface area contributed by atoms with E-state index in [9.17, 15) is 22.8 Å². The lowest BCUT2D eigenvalue weighted by atomic mass is 9.96. The fraction of sp³-hybridized carbons (Fsp3) is 0.125. The number of benzene rings is 2. The molecule has 0 unspecified atom stereocenters. The minimum absolute atomic E-state index is 0.0282. The van der Waals surface area contributed by atoms with Crippen molar-refractivity contribution in [3.8, 4) is 22.8 Å². The van der Waals surface area contributed by atoms with Crippen molar-refractivity contribution >= 4 is 16.9 Å². The molecule has 1 amide bonds. The number of fused-ring (bicyclic) bond motifs is 1. The molecule has 10 heteroatoms. The summed E-state index contributed by atoms with van der Waals surface area (Å²) >= 11 is 0. The molecule has 0 aliphatic rings. The molecule has 2 aromatic heterocycles. The number of halogens is 3. The maximum Gasteiger partial charge on any atom is 0.433 e. The van der Waals surface area contributed by atoms with Crippen LogP contribution in [0.5, 0.6) is 11.6 Å². The lowest BCUT2D eigenvalue weighted by Gasteiger charge is -2.16. The first-order valence-corrected chi connectivity index (χ1v) is 10.0. The number of aromatic nitrogens is 1. The Kier molecular flexibility index (Phi) is 5.84. The molecule has 0 aliphatic carbocycles. The summed E-state index contributed by atoms with van der Waals surface area (Å²) in [6.07, 6.45) is -4.71. The zero-order valence-electron chi connectivity index (χ0n) is 17.8. The minimum atomic E-state index is -4.71. The molecule has 2 aromatic carbocycles. The van der Waals surface area contributed by atoms with Crippen molar-refractivity contribution in [2.24, 2.45) is 11.5 Å². The highest BCUT2D eigenvalue weighted by molar-refractivity contribution is 6.02. The molecule has 0 atom stereocenters. The van der Waals surface area contributed by atoms with Crippen molar-refractivity contribution in [1.82, 2.24) is 4.98 Å². The Hall–Kier alpha value is -4.18. The first kappa shape index (κ1) is 23.0. The van der Waals surface area contributed by atoms with Crippen LogP contribution in [0.15, 0.2) is 63.8 Å². The van der Waals surface area contributed by atoms with E-state index < -0.39 is 23.4 Å². The number of hydrogen-bond acceptors (Lipinski definition) is 6. The van der Waals surface area contributed by atoms with Crippen LogP contribution in [-0.4, -0.2) is 10.9 Å². The minimum Gasteiger partial charge on any atom is -0.438 e. The van der Waals surface area contributed by atoms with E-state index in [0.717, 1.165) is 6.07 Å². The fourth-order valence-electron chi connectivity index (χ4n) is 3.59. The fourth-order valence-corrected chi connectivity index (χ4v) is 3.59. The van der Waals surface area contributed by atoms with E-state index in [1.165, 1.54) is 36.4 Å². The zero-order chi connectivity index (χ0) is 24.6. The third-order valence-electron chi connectivity index (χ3n) is 5.13. The van der Waals surface area contributed by atoms with Gasteiger partial charge < -0.3 is 20.6 Å². The van der Waals surface area contributed by atoms with Gasteiger partial charge in [-0.2, -0.15) is 13.2 Å². The van der Waals surface area contributed by atoms with Crippen molar-refractivity contribution in [2.45, 2.75) is 19.6 Å². The molecule has 4 aromatic rings. The molecule has 0 aliphatic heterocycles. The number of nitrogens with zero attached hydrogens (tertiary/aromatic N) is 1. The molecule has 174 valence electrons. The number of carbonyl (C=O) groups excluding carboxylic acids is 1. The van der Waals surface area contributed by atoms with E-state index in [1.807, 2.05) is 0 Å². The molecular weight excluding hydrogens is 451 g/mol. The number of pyridine rings is 1. The van der Waals surface area contributed by atoms with Gasteiger partial charge in [-0.3, -0.25) is 4.79 Å². The third kappa shape index (κ3) is 4.48. The van der Waals surface area contributed by atoms with Crippen LogP contribution in [0, 0.1) is 6.92 Å². The summed E-state index contributed by atoms with van der Waals surface area (Å²) in [5.41, 5.74) is 11.1. The SMILES string of the molecule is Cc1cc(=O)oc2cc(-c3c(Oc4cc(CN)cc(C(F)(F)F)n4)cccc3C(N)=O)ccc12. The van der Waals surface area contributed by atoms with Gasteiger partial charge in [-0.05, 0) is 47.9 Å². The lowest BCUT2D eigenvalue weighted by Crippen LogP contribution is -2.13. The molecular formula is C24H18F3N3O4. The number of carbonyl (C=O) groups is 1. The summed E-state index contributed by atoms with van der Waals surface area (Å²) in [5, 5.41) is 0.675. The van der Waals surface area contributed by atoms with Crippen LogP contribution < -0.4 is 21.8 Å². The Balaban J connectivity index is 1.90. The van der Waals surface area contributed by atoms with Crippen molar-refractivity contribution in [2.75, 3.05) is 0 Å². The normalized spacial score (nSPS) is 11.6. The number of rotatable bonds is 5. The number of ether oxygens (including phenoxy) is 1. The Labute approximate surface area is 190 Å². The van der Waals surface area contributed by atoms with E-state index in [2.05, 4.69) is 4.98 Å². The molecule has 0 bridgehead atoms. The molecule has 0 radical (unpaired) electrons. The second-order valence-corrected chi connectivity index (χ2v) is 7.51. The van der Waals surface area contributed by atoms with Crippen molar-refractivity contribution < 1.29 is 27.1 Å². The van der Waals surface area contributed by atoms with Crippen LogP contribution in [0.3, 0.4) is 0 Å². The standard InChI is InChI=1S/C24H18F3N3O4/c1-12-7-21(31)34-18-10-14(5-6-15(12)18)22-16(23(29)32)3-2-4-17(22)33-20-9-13(11-28)8-19(30-20)24(25,26)27/h2-10H,11,28H2,1H3,(H2,29,32). The second kappa shape index (κ2) is 8.64. The van der Waals surface area contributed by atoms with Crippen LogP contribution in [-0.2, 0) is 12.7 Å². The molecule has 4 rings (SSSR count). The van der Waals surface area contributed by atoms with Gasteiger partial charge in [-0.15, -0.1) is 0 Å². The largest absolute Gasteiger partial charge is 0.438 e. The average molecular weight is 469 g/mol. The van der Waals surface area contributed by atoms with Crippen LogP contribution in [0.4, 0.5) is 13.2 Å². The van der Waals surface area contributed by atoms with E-state index in [0.29, 0.717) is 16.5 Å². The number of amides is 1. The number of aryl methyl sites for hydroxylation is 1. The van der Waals surface area contributed by atoms with Gasteiger partial charge in [0.1, 0.15) is 17.0 Å². The van der Waals surface area contributed by atoms with E-state index >= 15 is 0 Å². The molecule has 0 saturated carbocycles. The molecule has 34 heavy (non-hydrogen) atoms. The van der Waals surface area contributed by atoms with Gasteiger partial charge in [0.05, 0.1) is 5.56 Å². The van der Waals surface area contributed by atoms with Crippen LogP contribution in [0.25, 0.3) is 22.1 Å². The summed E-state index contributed by atoms with van der Waals surface area (Å²) in [7, 11) is 0. The predicted molar refractivity (Wildman–Crippen MR) is 118 cm³/mol. The van der Waals surface area contributed by atoms with Crippen LogP contribution >= 0.6 is 0 Å². The van der Waals surface area contributed by atoms with Gasteiger partial charge in [-0.25, -0.2) is 9.78 Å². The van der Waals surface area contributed by atoms with Crippen molar-refractivity contribution in [3.05, 3.63) is 87.4 Å². The monoisotopic (exact) mass is 469 g/mol. The summed E-state index contributed by atoms with van der Waals surface area (Å²) in [4.78, 5) is 27.6. The van der Waals surface area contributed by atoms with Crippen LogP contribution in [0.1, 0.15) is 27.2 Å². The van der Waals surface area contributed by atoms with Gasteiger partial charge in [0.2, 0.25) is 11.8 Å². The number of nitrogens with two attached hydrogens (primary N) is 2. The number of alkyl halides is 3. The maximum absolute atomic E-state index is 13.3. The van der Waals surface area contributed by atoms with Gasteiger partial charge in [-0.1, -0.05) is 18.2 Å². The Bertz CT molecular complexity index is 1480. The lowest BCUT2D eigenvalue weighted by molar-refractivity contribution is -0.141. The van der Waals surface area contributed by atoms with Crippen molar-refractivity contribution in [1.29, 1.82) is 0 Å². The van der Waals surface area contributed by atoms with Gasteiger partial charge in [0.25, 0.3) is 0 Å². The Morgan fingerprint density at radius 3 is 2.56 bits per heavy atom. The third-order valence-corrected chi connectivity index (χ3v) is 5.13. The molecule has 0 spiro atoms. The Morgan fingerprint density at radius 2 is 1.88 bits per heavy atom. The smallest absolute Gasteiger partial charge is 0.433 e. The summed E-state index contributed by atoms with van der Waals surface area (Å²) in [6.45, 7) is 1.58. The highest BCUT2D eigenvalue weighted by Gasteiger charge is 2.33. The van der Waals surface area contributed by atoms with E-state index in [4.69, 9.17) is 20.6 Å². The Morgan fingerprint density at radius 1 is 1.12 bits per heavy atom. The summed E-state index contributed by atoms with van der Waals surface area (Å²) in [5.74, 6) is -1.12. The van der Waals surface area contributed by atoms with Crippen molar-refractivity contribution in [3.63, 3.8) is 0 Å². The van der Waals surface area contributed by atoms with Gasteiger partial charge in [0.15, 0.2) is 0 Å². The second-order valence-electron chi connectivity index (χ2n) is 7.51. The van der Waals surface area contributed by atoms with E-state index in [-0.39, 0.29) is 40.4 Å². The molecule has 0 saturated heterocycles. The topological polar surface area (TPSA) is 121 Å². The summed E-state index contributed by atoms with van der Waals surface area (Å²) < 4.78 is 50.9. The predicted octanol–water partition coefficient (Wildman–Crippen LogP) is 4.53. The first-order valence-electron chi connectivity index (χ1n) is 10.0. The highest BCUT2D eigenvalue weighted by atomic mass is 19.4. The van der Waals surface area contributed by atoms with Crippen LogP contribution in [0.2, 0.25) is 0 Å². The first-order chi connectivity index (χ1) is 16.1. The quantitative estimate of drug-likeness (QED) is 0.414. The average Bonchev–Trinajstić information content (AvgIpc) is 2.77. The highest BCUT2D eigenvalue weighted by Crippen LogP contribution is 2.38. The maximum atomic E-state index is 13.3. The number of primary amides is 1. The number of hydrogen-bond donors (Lipinski definition) is 2. The zero-order valence-corrected chi connectivity index (χ0v) is 17.8. The van der Waals surface area contributed by atoms with Gasteiger partial charge in [0, 0.05) is 29.6 Å². The van der Waals surface area contributed by atoms with Gasteiger partial charge >= 0.3 is 11.8 Å². The summed E-state index contributed by atoms with van der Waals surface area (Å²) in [6, 6.07) is 12.7. The molecule has 4 N–H and O–H groups in total. The molecule has 7 nitrogen and oxygen atoms in total.